The molecule has 0 radical (unpaired) electrons. The van der Waals surface area contributed by atoms with Crippen LogP contribution in [-0.2, 0) is 19.4 Å². The monoisotopic (exact) mass is 436 g/mol. The van der Waals surface area contributed by atoms with Crippen molar-refractivity contribution in [1.82, 2.24) is 19.7 Å². The number of hydrogen-bond acceptors (Lipinski definition) is 4. The number of allylic oxidation sites excluding steroid dienone is 1. The molecule has 0 saturated heterocycles. The summed E-state index contributed by atoms with van der Waals surface area (Å²) in [6.07, 6.45) is 1.03. The molecule has 1 amide bonds. The largest absolute Gasteiger partial charge is 0.415 e. The Morgan fingerprint density at radius 2 is 2.00 bits per heavy atom. The van der Waals surface area contributed by atoms with Crippen molar-refractivity contribution in [2.24, 2.45) is 0 Å². The van der Waals surface area contributed by atoms with E-state index in [2.05, 4.69) is 21.3 Å². The van der Waals surface area contributed by atoms with Crippen LogP contribution >= 0.6 is 23.2 Å². The standard InChI is InChI=1S/C21H26Cl2N4O2/c1-6-16-24-25-17-9-13(11-27(16)17)18-19(23)15(22)10-14(12(4)5)20(18)29-21(28)26(7-2)8-3/h10,13H,4,6-9,11H2,1-3,5H3. The zero-order valence-electron chi connectivity index (χ0n) is 17.3. The SMILES string of the molecule is C=C(C)c1cc(Cl)c(Cl)c(C2Cc3nnc(CC)n3C2)c1OC(=O)N(CC)CC. The predicted molar refractivity (Wildman–Crippen MR) is 116 cm³/mol. The summed E-state index contributed by atoms with van der Waals surface area (Å²) in [5.41, 5.74) is 2.16. The zero-order chi connectivity index (χ0) is 21.3. The van der Waals surface area contributed by atoms with Gasteiger partial charge < -0.3 is 14.2 Å². The van der Waals surface area contributed by atoms with E-state index in [9.17, 15) is 4.79 Å². The number of hydrogen-bond donors (Lipinski definition) is 0. The summed E-state index contributed by atoms with van der Waals surface area (Å²) < 4.78 is 8.01. The number of fused-ring (bicyclic) bond motifs is 1. The van der Waals surface area contributed by atoms with Crippen LogP contribution in [0.5, 0.6) is 5.75 Å². The Bertz CT molecular complexity index is 951. The first-order valence-electron chi connectivity index (χ1n) is 9.87. The van der Waals surface area contributed by atoms with Gasteiger partial charge in [0.05, 0.1) is 10.0 Å². The number of carbonyl (C=O) groups is 1. The van der Waals surface area contributed by atoms with Gasteiger partial charge >= 0.3 is 6.09 Å². The van der Waals surface area contributed by atoms with Crippen molar-refractivity contribution < 1.29 is 9.53 Å². The van der Waals surface area contributed by atoms with E-state index in [1.807, 2.05) is 27.7 Å². The van der Waals surface area contributed by atoms with E-state index in [-0.39, 0.29) is 5.92 Å². The first-order valence-corrected chi connectivity index (χ1v) is 10.6. The molecule has 1 aliphatic rings. The highest BCUT2D eigenvalue weighted by Crippen LogP contribution is 2.46. The summed E-state index contributed by atoms with van der Waals surface area (Å²) in [5, 5.41) is 9.36. The maximum absolute atomic E-state index is 12.8. The minimum atomic E-state index is -0.413. The second-order valence-electron chi connectivity index (χ2n) is 7.18. The maximum Gasteiger partial charge on any atom is 0.415 e. The minimum absolute atomic E-state index is 0.0189. The normalized spacial score (nSPS) is 15.3. The van der Waals surface area contributed by atoms with Gasteiger partial charge in [-0.1, -0.05) is 36.7 Å². The molecule has 1 aromatic heterocycles. The molecular weight excluding hydrogens is 411 g/mol. The van der Waals surface area contributed by atoms with Gasteiger partial charge in [-0.25, -0.2) is 4.79 Å². The summed E-state index contributed by atoms with van der Waals surface area (Å²) in [6.45, 7) is 13.5. The molecule has 0 N–H and O–H groups in total. The summed E-state index contributed by atoms with van der Waals surface area (Å²) >= 11 is 13.1. The highest BCUT2D eigenvalue weighted by atomic mass is 35.5. The molecule has 1 aliphatic heterocycles. The third-order valence-electron chi connectivity index (χ3n) is 5.34. The molecule has 2 aromatic rings. The average molecular weight is 437 g/mol. The summed E-state index contributed by atoms with van der Waals surface area (Å²) in [5.74, 6) is 2.25. The van der Waals surface area contributed by atoms with Crippen LogP contribution in [0.2, 0.25) is 10.0 Å². The molecule has 1 aromatic carbocycles. The second kappa shape index (κ2) is 8.76. The second-order valence-corrected chi connectivity index (χ2v) is 7.97. The average Bonchev–Trinajstić information content (AvgIpc) is 3.25. The van der Waals surface area contributed by atoms with E-state index in [0.29, 0.717) is 47.4 Å². The molecule has 0 aliphatic carbocycles. The maximum atomic E-state index is 12.8. The molecule has 0 saturated carbocycles. The van der Waals surface area contributed by atoms with E-state index in [0.717, 1.165) is 29.2 Å². The van der Waals surface area contributed by atoms with E-state index >= 15 is 0 Å². The van der Waals surface area contributed by atoms with E-state index < -0.39 is 6.09 Å². The van der Waals surface area contributed by atoms with Crippen molar-refractivity contribution in [3.05, 3.63) is 45.5 Å². The highest BCUT2D eigenvalue weighted by molar-refractivity contribution is 6.42. The summed E-state index contributed by atoms with van der Waals surface area (Å²) in [7, 11) is 0. The number of aryl methyl sites for hydroxylation is 1. The Morgan fingerprint density at radius 1 is 1.31 bits per heavy atom. The third-order valence-corrected chi connectivity index (χ3v) is 6.14. The Labute approximate surface area is 181 Å². The van der Waals surface area contributed by atoms with Gasteiger partial charge in [-0.2, -0.15) is 0 Å². The molecule has 2 heterocycles. The first-order chi connectivity index (χ1) is 13.8. The van der Waals surface area contributed by atoms with Crippen LogP contribution in [0, 0.1) is 0 Å². The lowest BCUT2D eigenvalue weighted by Gasteiger charge is -2.24. The molecule has 3 rings (SSSR count). The van der Waals surface area contributed by atoms with Gasteiger partial charge in [0.15, 0.2) is 0 Å². The van der Waals surface area contributed by atoms with Crippen molar-refractivity contribution in [3.8, 4) is 5.75 Å². The number of benzene rings is 1. The number of aromatic nitrogens is 3. The van der Waals surface area contributed by atoms with E-state index in [1.54, 1.807) is 11.0 Å². The third kappa shape index (κ3) is 4.01. The Morgan fingerprint density at radius 3 is 2.59 bits per heavy atom. The number of nitrogens with zero attached hydrogens (tertiary/aromatic N) is 4. The molecule has 1 atom stereocenters. The highest BCUT2D eigenvalue weighted by Gasteiger charge is 2.33. The van der Waals surface area contributed by atoms with Gasteiger partial charge in [-0.05, 0) is 32.4 Å². The zero-order valence-corrected chi connectivity index (χ0v) is 18.8. The van der Waals surface area contributed by atoms with Gasteiger partial charge in [0, 0.05) is 49.5 Å². The van der Waals surface area contributed by atoms with Crippen LogP contribution in [0.1, 0.15) is 56.4 Å². The van der Waals surface area contributed by atoms with E-state index in [4.69, 9.17) is 27.9 Å². The van der Waals surface area contributed by atoms with E-state index in [1.165, 1.54) is 0 Å². The lowest BCUT2D eigenvalue weighted by atomic mass is 9.92. The van der Waals surface area contributed by atoms with Crippen LogP contribution < -0.4 is 4.74 Å². The fraction of sp³-hybridized carbons (Fsp3) is 0.476. The Hall–Kier alpha value is -2.05. The van der Waals surface area contributed by atoms with Gasteiger partial charge in [0.25, 0.3) is 0 Å². The molecule has 156 valence electrons. The number of amides is 1. The molecule has 0 bridgehead atoms. The molecule has 6 nitrogen and oxygen atoms in total. The molecule has 0 fully saturated rings. The quantitative estimate of drug-likeness (QED) is 0.611. The molecule has 8 heteroatoms. The number of carbonyl (C=O) groups excluding carboxylic acids is 1. The lowest BCUT2D eigenvalue weighted by molar-refractivity contribution is 0.156. The van der Waals surface area contributed by atoms with Gasteiger partial charge in [0.1, 0.15) is 17.4 Å². The Balaban J connectivity index is 2.09. The fourth-order valence-corrected chi connectivity index (χ4v) is 4.25. The fourth-order valence-electron chi connectivity index (χ4n) is 3.75. The number of rotatable bonds is 6. The van der Waals surface area contributed by atoms with Crippen molar-refractivity contribution in [3.63, 3.8) is 0 Å². The van der Waals surface area contributed by atoms with Gasteiger partial charge in [-0.3, -0.25) is 0 Å². The first kappa shape index (κ1) is 21.7. The van der Waals surface area contributed by atoms with Crippen molar-refractivity contribution >= 4 is 34.9 Å². The van der Waals surface area contributed by atoms with Crippen LogP contribution in [0.4, 0.5) is 4.79 Å². The Kier molecular flexibility index (Phi) is 6.54. The predicted octanol–water partition coefficient (Wildman–Crippen LogP) is 5.36. The molecular formula is C21H26Cl2N4O2. The number of halogens is 2. The number of ether oxygens (including phenoxy) is 1. The molecule has 1 unspecified atom stereocenters. The van der Waals surface area contributed by atoms with Crippen LogP contribution in [0.15, 0.2) is 12.6 Å². The van der Waals surface area contributed by atoms with Crippen molar-refractivity contribution in [1.29, 1.82) is 0 Å². The van der Waals surface area contributed by atoms with Gasteiger partial charge in [0.2, 0.25) is 0 Å². The van der Waals surface area contributed by atoms with Crippen LogP contribution in [0.25, 0.3) is 5.57 Å². The molecule has 29 heavy (non-hydrogen) atoms. The van der Waals surface area contributed by atoms with Crippen LogP contribution in [-0.4, -0.2) is 38.8 Å². The summed E-state index contributed by atoms with van der Waals surface area (Å²) in [4.78, 5) is 14.4. The van der Waals surface area contributed by atoms with Crippen molar-refractivity contribution in [2.75, 3.05) is 13.1 Å². The minimum Gasteiger partial charge on any atom is -0.409 e. The smallest absolute Gasteiger partial charge is 0.409 e. The van der Waals surface area contributed by atoms with Gasteiger partial charge in [-0.15, -0.1) is 10.2 Å². The topological polar surface area (TPSA) is 60.2 Å². The van der Waals surface area contributed by atoms with Crippen molar-refractivity contribution in [2.45, 2.75) is 53.0 Å². The molecule has 0 spiro atoms. The summed E-state index contributed by atoms with van der Waals surface area (Å²) in [6, 6.07) is 1.72. The van der Waals surface area contributed by atoms with Crippen LogP contribution in [0.3, 0.4) is 0 Å². The lowest BCUT2D eigenvalue weighted by Crippen LogP contribution is -2.33.